The molecular formula is C11H10O4. The van der Waals surface area contributed by atoms with Gasteiger partial charge in [0.2, 0.25) is 6.79 Å². The van der Waals surface area contributed by atoms with Gasteiger partial charge in [0.15, 0.2) is 11.5 Å². The van der Waals surface area contributed by atoms with Crippen LogP contribution in [-0.4, -0.2) is 12.8 Å². The maximum atomic E-state index is 11.0. The van der Waals surface area contributed by atoms with Gasteiger partial charge in [-0.3, -0.25) is 4.79 Å². The van der Waals surface area contributed by atoms with E-state index in [2.05, 4.69) is 0 Å². The van der Waals surface area contributed by atoms with E-state index in [4.69, 9.17) is 14.2 Å². The van der Waals surface area contributed by atoms with Crippen LogP contribution in [0, 0.1) is 0 Å². The molecule has 15 heavy (non-hydrogen) atoms. The lowest BCUT2D eigenvalue weighted by Gasteiger charge is -2.09. The summed E-state index contributed by atoms with van der Waals surface area (Å²) >= 11 is 0. The Bertz CT molecular complexity index is 413. The molecule has 0 spiro atoms. The Balaban J connectivity index is 1.89. The van der Waals surface area contributed by atoms with Crippen LogP contribution in [0.25, 0.3) is 0 Å². The van der Waals surface area contributed by atoms with E-state index in [0.717, 1.165) is 23.5 Å². The van der Waals surface area contributed by atoms with Crippen LogP contribution in [0.4, 0.5) is 0 Å². The molecule has 0 radical (unpaired) electrons. The standard InChI is InChI=1S/C11H10O4/c12-11-4-3-8(15-11)7-1-2-9-10(5-7)14-6-13-9/h1-2,5,8H,3-4,6H2. The van der Waals surface area contributed by atoms with E-state index in [-0.39, 0.29) is 18.9 Å². The van der Waals surface area contributed by atoms with Crippen LogP contribution in [0.1, 0.15) is 24.5 Å². The number of carbonyl (C=O) groups excluding carboxylic acids is 1. The number of benzene rings is 1. The molecule has 1 atom stereocenters. The van der Waals surface area contributed by atoms with Gasteiger partial charge in [-0.1, -0.05) is 6.07 Å². The first-order valence-corrected chi connectivity index (χ1v) is 4.92. The van der Waals surface area contributed by atoms with Crippen molar-refractivity contribution in [2.45, 2.75) is 18.9 Å². The molecule has 1 aromatic carbocycles. The van der Waals surface area contributed by atoms with Crippen molar-refractivity contribution in [1.29, 1.82) is 0 Å². The van der Waals surface area contributed by atoms with E-state index in [9.17, 15) is 4.79 Å². The number of fused-ring (bicyclic) bond motifs is 1. The van der Waals surface area contributed by atoms with Crippen LogP contribution in [0.15, 0.2) is 18.2 Å². The third-order valence-corrected chi connectivity index (χ3v) is 2.65. The average molecular weight is 206 g/mol. The molecular weight excluding hydrogens is 196 g/mol. The predicted octanol–water partition coefficient (Wildman–Crippen LogP) is 1.79. The first-order valence-electron chi connectivity index (χ1n) is 4.92. The van der Waals surface area contributed by atoms with Crippen molar-refractivity contribution in [2.24, 2.45) is 0 Å². The van der Waals surface area contributed by atoms with E-state index in [1.807, 2.05) is 18.2 Å². The molecule has 1 fully saturated rings. The van der Waals surface area contributed by atoms with Crippen LogP contribution in [-0.2, 0) is 9.53 Å². The largest absolute Gasteiger partial charge is 0.457 e. The van der Waals surface area contributed by atoms with E-state index >= 15 is 0 Å². The number of carbonyl (C=O) groups is 1. The fourth-order valence-corrected chi connectivity index (χ4v) is 1.87. The molecule has 2 aliphatic rings. The van der Waals surface area contributed by atoms with Gasteiger partial charge in [-0.05, 0) is 24.1 Å². The highest BCUT2D eigenvalue weighted by atomic mass is 16.7. The van der Waals surface area contributed by atoms with Gasteiger partial charge in [-0.15, -0.1) is 0 Å². The maximum absolute atomic E-state index is 11.0. The van der Waals surface area contributed by atoms with Gasteiger partial charge in [0.05, 0.1) is 0 Å². The third kappa shape index (κ3) is 1.42. The summed E-state index contributed by atoms with van der Waals surface area (Å²) in [5.41, 5.74) is 0.977. The number of cyclic esters (lactones) is 1. The van der Waals surface area contributed by atoms with Crippen molar-refractivity contribution in [3.8, 4) is 11.5 Å². The number of ether oxygens (including phenoxy) is 3. The second-order valence-corrected chi connectivity index (χ2v) is 3.63. The zero-order valence-electron chi connectivity index (χ0n) is 8.06. The molecule has 2 aliphatic heterocycles. The molecule has 4 heteroatoms. The van der Waals surface area contributed by atoms with Gasteiger partial charge in [-0.25, -0.2) is 0 Å². The first-order chi connectivity index (χ1) is 7.33. The molecule has 1 saturated heterocycles. The van der Waals surface area contributed by atoms with Gasteiger partial charge in [0, 0.05) is 6.42 Å². The molecule has 1 aromatic rings. The Labute approximate surface area is 86.7 Å². The highest BCUT2D eigenvalue weighted by molar-refractivity contribution is 5.71. The van der Waals surface area contributed by atoms with Gasteiger partial charge in [-0.2, -0.15) is 0 Å². The summed E-state index contributed by atoms with van der Waals surface area (Å²) in [6, 6.07) is 5.65. The van der Waals surface area contributed by atoms with E-state index < -0.39 is 0 Å². The lowest BCUT2D eigenvalue weighted by molar-refractivity contribution is -0.141. The summed E-state index contributed by atoms with van der Waals surface area (Å²) in [4.78, 5) is 11.0. The summed E-state index contributed by atoms with van der Waals surface area (Å²) in [6.45, 7) is 0.267. The number of rotatable bonds is 1. The minimum absolute atomic E-state index is 0.119. The van der Waals surface area contributed by atoms with E-state index in [0.29, 0.717) is 6.42 Å². The Morgan fingerprint density at radius 2 is 2.07 bits per heavy atom. The Morgan fingerprint density at radius 3 is 2.87 bits per heavy atom. The molecule has 0 aliphatic carbocycles. The highest BCUT2D eigenvalue weighted by Crippen LogP contribution is 2.37. The van der Waals surface area contributed by atoms with E-state index in [1.165, 1.54) is 0 Å². The summed E-state index contributed by atoms with van der Waals surface area (Å²) in [5.74, 6) is 1.36. The van der Waals surface area contributed by atoms with E-state index in [1.54, 1.807) is 0 Å². The van der Waals surface area contributed by atoms with Crippen LogP contribution in [0.3, 0.4) is 0 Å². The minimum Gasteiger partial charge on any atom is -0.457 e. The summed E-state index contributed by atoms with van der Waals surface area (Å²) in [6.07, 6.45) is 1.13. The number of hydrogen-bond donors (Lipinski definition) is 0. The molecule has 0 aromatic heterocycles. The molecule has 0 amide bonds. The molecule has 2 heterocycles. The van der Waals surface area contributed by atoms with Crippen molar-refractivity contribution < 1.29 is 19.0 Å². The molecule has 3 rings (SSSR count). The normalized spacial score (nSPS) is 22.9. The predicted molar refractivity (Wildman–Crippen MR) is 50.6 cm³/mol. The summed E-state index contributed by atoms with van der Waals surface area (Å²) in [5, 5.41) is 0. The first kappa shape index (κ1) is 8.59. The number of hydrogen-bond acceptors (Lipinski definition) is 4. The molecule has 0 bridgehead atoms. The smallest absolute Gasteiger partial charge is 0.306 e. The third-order valence-electron chi connectivity index (χ3n) is 2.65. The average Bonchev–Trinajstić information content (AvgIpc) is 2.84. The van der Waals surface area contributed by atoms with Gasteiger partial charge in [0.1, 0.15) is 6.10 Å². The van der Waals surface area contributed by atoms with Crippen LogP contribution in [0.5, 0.6) is 11.5 Å². The quantitative estimate of drug-likeness (QED) is 0.657. The fourth-order valence-electron chi connectivity index (χ4n) is 1.87. The number of esters is 1. The monoisotopic (exact) mass is 206 g/mol. The van der Waals surface area contributed by atoms with Crippen molar-refractivity contribution >= 4 is 5.97 Å². The SMILES string of the molecule is O=C1CCC(c2ccc3c(c2)OCO3)O1. The zero-order valence-corrected chi connectivity index (χ0v) is 8.06. The van der Waals surface area contributed by atoms with Crippen molar-refractivity contribution in [1.82, 2.24) is 0 Å². The highest BCUT2D eigenvalue weighted by Gasteiger charge is 2.26. The second kappa shape index (κ2) is 3.15. The Kier molecular flexibility index (Phi) is 1.80. The molecule has 0 N–H and O–H groups in total. The summed E-state index contributed by atoms with van der Waals surface area (Å²) < 4.78 is 15.6. The summed E-state index contributed by atoms with van der Waals surface area (Å²) in [7, 11) is 0. The lowest BCUT2D eigenvalue weighted by atomic mass is 10.1. The Morgan fingerprint density at radius 1 is 1.20 bits per heavy atom. The van der Waals surface area contributed by atoms with Gasteiger partial charge < -0.3 is 14.2 Å². The van der Waals surface area contributed by atoms with Crippen molar-refractivity contribution in [3.05, 3.63) is 23.8 Å². The Hall–Kier alpha value is -1.71. The second-order valence-electron chi connectivity index (χ2n) is 3.63. The van der Waals surface area contributed by atoms with Crippen LogP contribution >= 0.6 is 0 Å². The molecule has 4 nitrogen and oxygen atoms in total. The van der Waals surface area contributed by atoms with Gasteiger partial charge in [0.25, 0.3) is 0 Å². The van der Waals surface area contributed by atoms with Crippen molar-refractivity contribution in [3.63, 3.8) is 0 Å². The molecule has 0 saturated carbocycles. The van der Waals surface area contributed by atoms with Crippen molar-refractivity contribution in [2.75, 3.05) is 6.79 Å². The van der Waals surface area contributed by atoms with Crippen LogP contribution in [0.2, 0.25) is 0 Å². The lowest BCUT2D eigenvalue weighted by Crippen LogP contribution is -1.98. The zero-order chi connectivity index (χ0) is 10.3. The van der Waals surface area contributed by atoms with Gasteiger partial charge >= 0.3 is 5.97 Å². The molecule has 78 valence electrons. The topological polar surface area (TPSA) is 44.8 Å². The van der Waals surface area contributed by atoms with Crippen LogP contribution < -0.4 is 9.47 Å². The fraction of sp³-hybridized carbons (Fsp3) is 0.364. The minimum atomic E-state index is -0.127. The maximum Gasteiger partial charge on any atom is 0.306 e. The molecule has 1 unspecified atom stereocenters.